The van der Waals surface area contributed by atoms with Crippen molar-refractivity contribution in [3.63, 3.8) is 0 Å². The van der Waals surface area contributed by atoms with Crippen molar-refractivity contribution in [1.82, 2.24) is 10.3 Å². The van der Waals surface area contributed by atoms with Crippen molar-refractivity contribution >= 4 is 5.82 Å². The predicted molar refractivity (Wildman–Crippen MR) is 86.1 cm³/mol. The minimum atomic E-state index is 0.730. The Morgan fingerprint density at radius 1 is 1.40 bits per heavy atom. The molecule has 1 heterocycles. The monoisotopic (exact) mass is 275 g/mol. The number of nitrogens with zero attached hydrogens (tertiary/aromatic N) is 2. The fourth-order valence-corrected chi connectivity index (χ4v) is 2.47. The van der Waals surface area contributed by atoms with Crippen molar-refractivity contribution in [3.05, 3.63) is 23.9 Å². The minimum Gasteiger partial charge on any atom is -0.353 e. The van der Waals surface area contributed by atoms with Crippen LogP contribution >= 0.6 is 0 Å². The van der Waals surface area contributed by atoms with E-state index < -0.39 is 0 Å². The van der Waals surface area contributed by atoms with E-state index in [2.05, 4.69) is 48.1 Å². The number of anilines is 1. The van der Waals surface area contributed by atoms with Gasteiger partial charge in [-0.05, 0) is 44.2 Å². The average molecular weight is 275 g/mol. The van der Waals surface area contributed by atoms with Crippen molar-refractivity contribution in [2.75, 3.05) is 18.0 Å². The Morgan fingerprint density at radius 3 is 2.85 bits per heavy atom. The van der Waals surface area contributed by atoms with Gasteiger partial charge < -0.3 is 10.2 Å². The number of pyridine rings is 1. The molecule has 0 aliphatic heterocycles. The van der Waals surface area contributed by atoms with Crippen LogP contribution in [0.1, 0.15) is 52.0 Å². The second-order valence-corrected chi connectivity index (χ2v) is 6.27. The molecule has 0 spiro atoms. The van der Waals surface area contributed by atoms with Gasteiger partial charge in [-0.25, -0.2) is 4.98 Å². The van der Waals surface area contributed by atoms with E-state index in [0.717, 1.165) is 31.6 Å². The molecule has 0 aromatic carbocycles. The van der Waals surface area contributed by atoms with Gasteiger partial charge in [0.15, 0.2) is 0 Å². The normalized spacial score (nSPS) is 14.8. The molecule has 0 atom stereocenters. The van der Waals surface area contributed by atoms with E-state index in [1.54, 1.807) is 0 Å². The molecule has 0 radical (unpaired) electrons. The summed E-state index contributed by atoms with van der Waals surface area (Å²) < 4.78 is 0. The molecule has 1 aliphatic rings. The smallest absolute Gasteiger partial charge is 0.133 e. The standard InChI is InChI=1S/C17H29N3/c1-4-10-18-13-15-6-5-11-19-17(15)20(16-7-8-16)12-9-14(2)3/h5-6,11,14,16,18H,4,7-10,12-13H2,1-3H3. The highest BCUT2D eigenvalue weighted by Crippen LogP contribution is 2.32. The molecule has 0 amide bonds. The summed E-state index contributed by atoms with van der Waals surface area (Å²) >= 11 is 0. The summed E-state index contributed by atoms with van der Waals surface area (Å²) in [6.45, 7) is 9.95. The molecular weight excluding hydrogens is 246 g/mol. The maximum Gasteiger partial charge on any atom is 0.133 e. The third-order valence-corrected chi connectivity index (χ3v) is 3.82. The topological polar surface area (TPSA) is 28.2 Å². The molecule has 1 N–H and O–H groups in total. The summed E-state index contributed by atoms with van der Waals surface area (Å²) in [4.78, 5) is 7.23. The second kappa shape index (κ2) is 7.63. The van der Waals surface area contributed by atoms with E-state index in [-0.39, 0.29) is 0 Å². The molecule has 0 unspecified atom stereocenters. The highest BCUT2D eigenvalue weighted by molar-refractivity contribution is 5.48. The van der Waals surface area contributed by atoms with Crippen LogP contribution in [-0.2, 0) is 6.54 Å². The zero-order valence-corrected chi connectivity index (χ0v) is 13.2. The molecule has 0 saturated heterocycles. The SMILES string of the molecule is CCCNCc1cccnc1N(CCC(C)C)C1CC1. The Labute approximate surface area is 123 Å². The van der Waals surface area contributed by atoms with E-state index in [0.29, 0.717) is 0 Å². The maximum absolute atomic E-state index is 4.68. The summed E-state index contributed by atoms with van der Waals surface area (Å²) in [6.07, 6.45) is 7.01. The maximum atomic E-state index is 4.68. The Morgan fingerprint density at radius 2 is 2.20 bits per heavy atom. The lowest BCUT2D eigenvalue weighted by Gasteiger charge is -2.26. The van der Waals surface area contributed by atoms with Gasteiger partial charge in [0.25, 0.3) is 0 Å². The number of nitrogens with one attached hydrogen (secondary N) is 1. The quantitative estimate of drug-likeness (QED) is 0.698. The Hall–Kier alpha value is -1.09. The van der Waals surface area contributed by atoms with Crippen molar-refractivity contribution < 1.29 is 0 Å². The van der Waals surface area contributed by atoms with Crippen LogP contribution in [-0.4, -0.2) is 24.1 Å². The van der Waals surface area contributed by atoms with Gasteiger partial charge in [-0.3, -0.25) is 0 Å². The predicted octanol–water partition coefficient (Wildman–Crippen LogP) is 3.60. The fraction of sp³-hybridized carbons (Fsp3) is 0.706. The molecule has 1 aromatic rings. The average Bonchev–Trinajstić information content (AvgIpc) is 3.25. The number of aromatic nitrogens is 1. The third kappa shape index (κ3) is 4.48. The van der Waals surface area contributed by atoms with Crippen LogP contribution in [0.2, 0.25) is 0 Å². The molecule has 3 nitrogen and oxygen atoms in total. The third-order valence-electron chi connectivity index (χ3n) is 3.82. The first-order valence-corrected chi connectivity index (χ1v) is 8.13. The van der Waals surface area contributed by atoms with Crippen LogP contribution in [0.5, 0.6) is 0 Å². The first-order valence-electron chi connectivity index (χ1n) is 8.13. The van der Waals surface area contributed by atoms with Gasteiger partial charge in [-0.1, -0.05) is 26.8 Å². The summed E-state index contributed by atoms with van der Waals surface area (Å²) in [5, 5.41) is 3.50. The molecule has 1 aromatic heterocycles. The molecule has 112 valence electrons. The lowest BCUT2D eigenvalue weighted by atomic mass is 10.1. The molecule has 20 heavy (non-hydrogen) atoms. The molecular formula is C17H29N3. The van der Waals surface area contributed by atoms with Crippen LogP contribution in [0, 0.1) is 5.92 Å². The van der Waals surface area contributed by atoms with E-state index in [1.165, 1.54) is 37.1 Å². The van der Waals surface area contributed by atoms with Crippen molar-refractivity contribution in [2.24, 2.45) is 5.92 Å². The van der Waals surface area contributed by atoms with Gasteiger partial charge in [-0.15, -0.1) is 0 Å². The van der Waals surface area contributed by atoms with E-state index in [4.69, 9.17) is 0 Å². The van der Waals surface area contributed by atoms with E-state index >= 15 is 0 Å². The Balaban J connectivity index is 2.06. The lowest BCUT2D eigenvalue weighted by molar-refractivity contribution is 0.566. The largest absolute Gasteiger partial charge is 0.353 e. The van der Waals surface area contributed by atoms with Gasteiger partial charge in [0.2, 0.25) is 0 Å². The minimum absolute atomic E-state index is 0.730. The van der Waals surface area contributed by atoms with Crippen molar-refractivity contribution in [1.29, 1.82) is 0 Å². The fourth-order valence-electron chi connectivity index (χ4n) is 2.47. The molecule has 1 fully saturated rings. The molecule has 2 rings (SSSR count). The summed E-state index contributed by atoms with van der Waals surface area (Å²) in [5.74, 6) is 1.96. The summed E-state index contributed by atoms with van der Waals surface area (Å²) in [6, 6.07) is 5.00. The van der Waals surface area contributed by atoms with Gasteiger partial charge in [0.05, 0.1) is 0 Å². The van der Waals surface area contributed by atoms with Gasteiger partial charge in [0, 0.05) is 30.9 Å². The molecule has 3 heteroatoms. The molecule has 1 aliphatic carbocycles. The zero-order valence-electron chi connectivity index (χ0n) is 13.2. The first-order chi connectivity index (χ1) is 9.72. The zero-order chi connectivity index (χ0) is 14.4. The Bertz CT molecular complexity index is 399. The first kappa shape index (κ1) is 15.3. The van der Waals surface area contributed by atoms with Crippen molar-refractivity contribution in [3.8, 4) is 0 Å². The van der Waals surface area contributed by atoms with Gasteiger partial charge in [-0.2, -0.15) is 0 Å². The van der Waals surface area contributed by atoms with Crippen molar-refractivity contribution in [2.45, 2.75) is 59.0 Å². The number of rotatable bonds is 9. The Kier molecular flexibility index (Phi) is 5.84. The summed E-state index contributed by atoms with van der Waals surface area (Å²) in [5.41, 5.74) is 1.34. The van der Waals surface area contributed by atoms with Crippen LogP contribution in [0.4, 0.5) is 5.82 Å². The lowest BCUT2D eigenvalue weighted by Crippen LogP contribution is -2.30. The number of hydrogen-bond acceptors (Lipinski definition) is 3. The van der Waals surface area contributed by atoms with E-state index in [9.17, 15) is 0 Å². The van der Waals surface area contributed by atoms with Crippen LogP contribution in [0.25, 0.3) is 0 Å². The van der Waals surface area contributed by atoms with E-state index in [1.807, 2.05) is 6.20 Å². The highest BCUT2D eigenvalue weighted by Gasteiger charge is 2.30. The number of hydrogen-bond donors (Lipinski definition) is 1. The highest BCUT2D eigenvalue weighted by atomic mass is 15.2. The summed E-state index contributed by atoms with van der Waals surface area (Å²) in [7, 11) is 0. The van der Waals surface area contributed by atoms with Gasteiger partial charge in [0.1, 0.15) is 5.82 Å². The molecule has 1 saturated carbocycles. The molecule has 0 bridgehead atoms. The van der Waals surface area contributed by atoms with Gasteiger partial charge >= 0.3 is 0 Å². The van der Waals surface area contributed by atoms with Crippen LogP contribution in [0.3, 0.4) is 0 Å². The van der Waals surface area contributed by atoms with Crippen LogP contribution in [0.15, 0.2) is 18.3 Å². The second-order valence-electron chi connectivity index (χ2n) is 6.27. The van der Waals surface area contributed by atoms with Crippen LogP contribution < -0.4 is 10.2 Å².